The normalized spacial score (nSPS) is 14.5. The molecule has 5 rings (SSSR count). The Morgan fingerprint density at radius 3 is 1.93 bits per heavy atom. The van der Waals surface area contributed by atoms with Gasteiger partial charge in [0, 0.05) is 32.8 Å². The summed E-state index contributed by atoms with van der Waals surface area (Å²) >= 11 is 3.68. The molecule has 0 unspecified atom stereocenters. The molecule has 0 saturated heterocycles. The molecule has 0 spiro atoms. The Morgan fingerprint density at radius 1 is 0.767 bits per heavy atom. The zero-order valence-corrected chi connectivity index (χ0v) is 18.4. The molecule has 2 nitrogen and oxygen atoms in total. The van der Waals surface area contributed by atoms with Crippen molar-refractivity contribution in [1.29, 1.82) is 0 Å². The SMILES string of the molecule is Cc1ccc(C(=O)c2c[nH]c(C3(c4ccc(C)cc4)Sc4ccccc4S3)c2)cc1. The van der Waals surface area contributed by atoms with E-state index in [1.807, 2.05) is 67.0 Å². The molecule has 0 saturated carbocycles. The summed E-state index contributed by atoms with van der Waals surface area (Å²) in [6.07, 6.45) is 1.84. The molecule has 148 valence electrons. The minimum Gasteiger partial charge on any atom is -0.362 e. The van der Waals surface area contributed by atoms with E-state index < -0.39 is 0 Å². The highest BCUT2D eigenvalue weighted by atomic mass is 32.2. The van der Waals surface area contributed by atoms with Crippen LogP contribution in [-0.2, 0) is 4.08 Å². The van der Waals surface area contributed by atoms with Gasteiger partial charge in [0.2, 0.25) is 0 Å². The molecule has 0 bridgehead atoms. The predicted molar refractivity (Wildman–Crippen MR) is 126 cm³/mol. The number of aromatic amines is 1. The summed E-state index contributed by atoms with van der Waals surface area (Å²) in [4.78, 5) is 19.0. The molecular formula is C26H21NOS2. The molecule has 1 aromatic heterocycles. The zero-order valence-electron chi connectivity index (χ0n) is 16.8. The first kappa shape index (κ1) is 19.3. The van der Waals surface area contributed by atoms with Gasteiger partial charge in [0.15, 0.2) is 5.78 Å². The van der Waals surface area contributed by atoms with Gasteiger partial charge in [-0.15, -0.1) is 0 Å². The molecule has 0 aliphatic carbocycles. The Bertz CT molecular complexity index is 1200. The molecule has 4 aromatic rings. The third-order valence-corrected chi connectivity index (χ3v) is 8.67. The number of ketones is 1. The van der Waals surface area contributed by atoms with Crippen LogP contribution < -0.4 is 0 Å². The van der Waals surface area contributed by atoms with Crippen molar-refractivity contribution in [1.82, 2.24) is 4.98 Å². The number of fused-ring (bicyclic) bond motifs is 1. The van der Waals surface area contributed by atoms with E-state index in [1.54, 1.807) is 0 Å². The molecule has 0 fully saturated rings. The van der Waals surface area contributed by atoms with E-state index in [-0.39, 0.29) is 9.86 Å². The van der Waals surface area contributed by atoms with E-state index in [2.05, 4.69) is 60.4 Å². The molecule has 1 N–H and O–H groups in total. The van der Waals surface area contributed by atoms with Gasteiger partial charge in [-0.2, -0.15) is 0 Å². The lowest BCUT2D eigenvalue weighted by Crippen LogP contribution is -2.17. The van der Waals surface area contributed by atoms with Crippen molar-refractivity contribution in [2.24, 2.45) is 0 Å². The van der Waals surface area contributed by atoms with Gasteiger partial charge in [-0.25, -0.2) is 0 Å². The minimum atomic E-state index is -0.344. The number of hydrogen-bond donors (Lipinski definition) is 1. The molecule has 3 aromatic carbocycles. The lowest BCUT2D eigenvalue weighted by atomic mass is 10.0. The summed E-state index contributed by atoms with van der Waals surface area (Å²) in [5.74, 6) is 0.0436. The number of carbonyl (C=O) groups is 1. The van der Waals surface area contributed by atoms with Crippen LogP contribution in [0.3, 0.4) is 0 Å². The van der Waals surface area contributed by atoms with Gasteiger partial charge in [-0.1, -0.05) is 95.3 Å². The lowest BCUT2D eigenvalue weighted by molar-refractivity contribution is 0.103. The van der Waals surface area contributed by atoms with Crippen LogP contribution in [-0.4, -0.2) is 10.8 Å². The number of aromatic nitrogens is 1. The van der Waals surface area contributed by atoms with Gasteiger partial charge in [0.1, 0.15) is 4.08 Å². The van der Waals surface area contributed by atoms with Crippen molar-refractivity contribution < 1.29 is 4.79 Å². The van der Waals surface area contributed by atoms with Crippen LogP contribution in [0.25, 0.3) is 0 Å². The van der Waals surface area contributed by atoms with Crippen molar-refractivity contribution in [2.75, 3.05) is 0 Å². The van der Waals surface area contributed by atoms with Crippen LogP contribution in [0, 0.1) is 13.8 Å². The monoisotopic (exact) mass is 427 g/mol. The van der Waals surface area contributed by atoms with Crippen LogP contribution >= 0.6 is 23.5 Å². The van der Waals surface area contributed by atoms with Crippen LogP contribution in [0.15, 0.2) is 94.9 Å². The summed E-state index contributed by atoms with van der Waals surface area (Å²) in [5, 5.41) is 0. The van der Waals surface area contributed by atoms with E-state index in [9.17, 15) is 4.79 Å². The molecule has 2 heterocycles. The maximum atomic E-state index is 13.1. The van der Waals surface area contributed by atoms with E-state index in [0.29, 0.717) is 11.1 Å². The van der Waals surface area contributed by atoms with Gasteiger partial charge in [0.05, 0.1) is 0 Å². The van der Waals surface area contributed by atoms with Crippen LogP contribution in [0.2, 0.25) is 0 Å². The fourth-order valence-corrected chi connectivity index (χ4v) is 6.86. The first-order valence-corrected chi connectivity index (χ1v) is 11.5. The number of aryl methyl sites for hydroxylation is 2. The van der Waals surface area contributed by atoms with Crippen LogP contribution in [0.5, 0.6) is 0 Å². The fourth-order valence-electron chi connectivity index (χ4n) is 3.69. The zero-order chi connectivity index (χ0) is 20.7. The lowest BCUT2D eigenvalue weighted by Gasteiger charge is -2.27. The second-order valence-corrected chi connectivity index (χ2v) is 10.4. The summed E-state index contributed by atoms with van der Waals surface area (Å²) in [6.45, 7) is 4.13. The van der Waals surface area contributed by atoms with E-state index >= 15 is 0 Å². The highest BCUT2D eigenvalue weighted by molar-refractivity contribution is 8.20. The number of benzene rings is 3. The summed E-state index contributed by atoms with van der Waals surface area (Å²) in [7, 11) is 0. The van der Waals surface area contributed by atoms with Gasteiger partial charge in [0.25, 0.3) is 0 Å². The Balaban J connectivity index is 1.57. The Hall–Kier alpha value is -2.69. The minimum absolute atomic E-state index is 0.0436. The molecule has 1 aliphatic heterocycles. The average molecular weight is 428 g/mol. The largest absolute Gasteiger partial charge is 0.362 e. The van der Waals surface area contributed by atoms with Crippen molar-refractivity contribution in [3.8, 4) is 0 Å². The van der Waals surface area contributed by atoms with Crippen molar-refractivity contribution in [2.45, 2.75) is 27.7 Å². The standard InChI is InChI=1S/C26H21NOS2/c1-17-7-11-19(12-8-17)25(28)20-15-24(27-16-20)26(21-13-9-18(2)10-14-21)29-22-5-3-4-6-23(22)30-26/h3-16,27H,1-2H3. The molecule has 4 heteroatoms. The number of nitrogens with one attached hydrogen (secondary N) is 1. The second kappa shape index (κ2) is 7.53. The maximum absolute atomic E-state index is 13.1. The summed E-state index contributed by atoms with van der Waals surface area (Å²) < 4.78 is -0.344. The maximum Gasteiger partial charge on any atom is 0.194 e. The van der Waals surface area contributed by atoms with E-state index in [4.69, 9.17) is 0 Å². The van der Waals surface area contributed by atoms with Crippen LogP contribution in [0.4, 0.5) is 0 Å². The molecule has 1 aliphatic rings. The Labute approximate surface area is 185 Å². The number of H-pyrrole nitrogens is 1. The van der Waals surface area contributed by atoms with Crippen molar-refractivity contribution in [3.05, 3.63) is 119 Å². The smallest absolute Gasteiger partial charge is 0.194 e. The molecule has 0 amide bonds. The highest BCUT2D eigenvalue weighted by Crippen LogP contribution is 2.64. The number of thioether (sulfide) groups is 2. The average Bonchev–Trinajstić information content (AvgIpc) is 3.40. The predicted octanol–water partition coefficient (Wildman–Crippen LogP) is 6.96. The first-order valence-electron chi connectivity index (χ1n) is 9.90. The van der Waals surface area contributed by atoms with Gasteiger partial charge in [-0.3, -0.25) is 4.79 Å². The Kier molecular flexibility index (Phi) is 4.84. The molecule has 30 heavy (non-hydrogen) atoms. The Morgan fingerprint density at radius 2 is 1.33 bits per heavy atom. The first-order chi connectivity index (χ1) is 14.5. The van der Waals surface area contributed by atoms with Crippen molar-refractivity contribution >= 4 is 29.3 Å². The summed E-state index contributed by atoms with van der Waals surface area (Å²) in [5.41, 5.74) is 6.05. The fraction of sp³-hybridized carbons (Fsp3) is 0.115. The topological polar surface area (TPSA) is 32.9 Å². The van der Waals surface area contributed by atoms with Crippen molar-refractivity contribution in [3.63, 3.8) is 0 Å². The number of carbonyl (C=O) groups excluding carboxylic acids is 1. The molecule has 0 atom stereocenters. The quantitative estimate of drug-likeness (QED) is 0.357. The second-order valence-electron chi connectivity index (χ2n) is 7.63. The molecule has 0 radical (unpaired) electrons. The highest BCUT2D eigenvalue weighted by Gasteiger charge is 2.44. The van der Waals surface area contributed by atoms with Gasteiger partial charge in [-0.05, 0) is 37.6 Å². The van der Waals surface area contributed by atoms with Gasteiger partial charge < -0.3 is 4.98 Å². The number of hydrogen-bond acceptors (Lipinski definition) is 3. The van der Waals surface area contributed by atoms with E-state index in [0.717, 1.165) is 11.3 Å². The third kappa shape index (κ3) is 3.30. The summed E-state index contributed by atoms with van der Waals surface area (Å²) in [6, 6.07) is 27.0. The van der Waals surface area contributed by atoms with E-state index in [1.165, 1.54) is 20.9 Å². The molecular weight excluding hydrogens is 406 g/mol. The number of rotatable bonds is 4. The third-order valence-electron chi connectivity index (χ3n) is 5.40. The van der Waals surface area contributed by atoms with Gasteiger partial charge >= 0.3 is 0 Å². The van der Waals surface area contributed by atoms with Crippen LogP contribution in [0.1, 0.15) is 38.3 Å².